The van der Waals surface area contributed by atoms with Crippen LogP contribution in [0.5, 0.6) is 0 Å². The van der Waals surface area contributed by atoms with E-state index in [1.807, 2.05) is 36.4 Å². The van der Waals surface area contributed by atoms with Gasteiger partial charge in [0.15, 0.2) is 0 Å². The Hall–Kier alpha value is -4.27. The third-order valence-electron chi connectivity index (χ3n) is 4.97. The fourth-order valence-corrected chi connectivity index (χ4v) is 3.44. The van der Waals surface area contributed by atoms with E-state index in [-0.39, 0.29) is 0 Å². The number of halogens is 3. The highest BCUT2D eigenvalue weighted by atomic mass is 19.4. The Bertz CT molecular complexity index is 1380. The molecule has 32 heavy (non-hydrogen) atoms. The summed E-state index contributed by atoms with van der Waals surface area (Å²) >= 11 is 0. The Morgan fingerprint density at radius 1 is 0.906 bits per heavy atom. The highest BCUT2D eigenvalue weighted by Gasteiger charge is 2.32. The van der Waals surface area contributed by atoms with Gasteiger partial charge < -0.3 is 0 Å². The molecule has 1 aromatic carbocycles. The van der Waals surface area contributed by atoms with Gasteiger partial charge in [0.1, 0.15) is 11.4 Å². The number of allylic oxidation sites excluding steroid dienone is 2. The van der Waals surface area contributed by atoms with Crippen LogP contribution in [0.1, 0.15) is 11.4 Å². The third-order valence-corrected chi connectivity index (χ3v) is 4.97. The molecule has 9 heteroatoms. The first-order valence-electron chi connectivity index (χ1n) is 9.59. The van der Waals surface area contributed by atoms with Crippen molar-refractivity contribution >= 4 is 22.3 Å². The Morgan fingerprint density at radius 2 is 1.78 bits per heavy atom. The summed E-state index contributed by atoms with van der Waals surface area (Å²) in [5.74, 6) is 0. The molecule has 0 unspecified atom stereocenters. The van der Waals surface area contributed by atoms with E-state index in [0.29, 0.717) is 22.7 Å². The average Bonchev–Trinajstić information content (AvgIpc) is 3.28. The summed E-state index contributed by atoms with van der Waals surface area (Å²) in [6, 6.07) is 13.6. The first kappa shape index (κ1) is 19.7. The van der Waals surface area contributed by atoms with Crippen LogP contribution >= 0.6 is 0 Å². The van der Waals surface area contributed by atoms with Crippen LogP contribution in [0.15, 0.2) is 96.7 Å². The van der Waals surface area contributed by atoms with Crippen molar-refractivity contribution in [3.05, 3.63) is 103 Å². The number of hydrazone groups is 1. The number of rotatable bonds is 3. The topological polar surface area (TPSA) is 59.2 Å². The van der Waals surface area contributed by atoms with Gasteiger partial charge in [-0.05, 0) is 54.1 Å². The van der Waals surface area contributed by atoms with Crippen molar-refractivity contribution in [1.82, 2.24) is 19.7 Å². The fraction of sp³-hybridized carbons (Fsp3) is 0.0435. The second kappa shape index (κ2) is 7.45. The molecule has 5 rings (SSSR count). The van der Waals surface area contributed by atoms with Crippen molar-refractivity contribution in [3.8, 4) is 5.69 Å². The van der Waals surface area contributed by atoms with Gasteiger partial charge >= 0.3 is 6.18 Å². The molecule has 4 aromatic rings. The van der Waals surface area contributed by atoms with Crippen molar-refractivity contribution in [2.75, 3.05) is 5.01 Å². The van der Waals surface area contributed by atoms with E-state index in [0.717, 1.165) is 28.9 Å². The molecule has 0 spiro atoms. The molecule has 0 N–H and O–H groups in total. The lowest BCUT2D eigenvalue weighted by molar-refractivity contribution is -0.141. The van der Waals surface area contributed by atoms with Gasteiger partial charge in [-0.2, -0.15) is 23.4 Å². The molecule has 6 nitrogen and oxygen atoms in total. The molecule has 0 amide bonds. The maximum atomic E-state index is 12.8. The lowest BCUT2D eigenvalue weighted by Gasteiger charge is -2.22. The standard InChI is InChI=1S/C23H15F3N6/c1-15-10-13-31(16-7-8-21(28-14-16)23(24,25)26)30-22(15)20-9-12-29-32(20)19-6-2-5-18-17(19)4-3-11-27-18/h2-14H,1H2. The van der Waals surface area contributed by atoms with Gasteiger partial charge in [-0.1, -0.05) is 12.6 Å². The fourth-order valence-electron chi connectivity index (χ4n) is 3.44. The molecule has 1 aliphatic rings. The second-order valence-corrected chi connectivity index (χ2v) is 7.01. The summed E-state index contributed by atoms with van der Waals surface area (Å²) < 4.78 is 40.2. The molecule has 4 heterocycles. The number of hydrogen-bond donors (Lipinski definition) is 0. The van der Waals surface area contributed by atoms with Gasteiger partial charge in [-0.15, -0.1) is 0 Å². The predicted molar refractivity (Wildman–Crippen MR) is 115 cm³/mol. The Kier molecular flexibility index (Phi) is 4.58. The number of aromatic nitrogens is 4. The summed E-state index contributed by atoms with van der Waals surface area (Å²) in [5, 5.41) is 11.4. The van der Waals surface area contributed by atoms with E-state index >= 15 is 0 Å². The van der Waals surface area contributed by atoms with Crippen molar-refractivity contribution in [2.24, 2.45) is 5.10 Å². The van der Waals surface area contributed by atoms with E-state index < -0.39 is 11.9 Å². The van der Waals surface area contributed by atoms with Crippen molar-refractivity contribution in [1.29, 1.82) is 0 Å². The first-order valence-corrected chi connectivity index (χ1v) is 9.59. The number of benzene rings is 1. The van der Waals surface area contributed by atoms with Gasteiger partial charge in [0, 0.05) is 17.8 Å². The van der Waals surface area contributed by atoms with E-state index in [1.165, 1.54) is 11.1 Å². The molecule has 0 fully saturated rings. The van der Waals surface area contributed by atoms with E-state index in [9.17, 15) is 13.2 Å². The molecular weight excluding hydrogens is 417 g/mol. The van der Waals surface area contributed by atoms with Crippen molar-refractivity contribution in [2.45, 2.75) is 6.18 Å². The normalized spacial score (nSPS) is 14.2. The maximum Gasteiger partial charge on any atom is 0.433 e. The molecule has 1 aliphatic heterocycles. The SMILES string of the molecule is C=C1C=CN(c2ccc(C(F)(F)F)nc2)N=C1c1ccnn1-c1cccc2ncccc12. The molecule has 0 bridgehead atoms. The summed E-state index contributed by atoms with van der Waals surface area (Å²) in [5.41, 5.74) is 2.93. The minimum Gasteiger partial charge on any atom is -0.256 e. The lowest BCUT2D eigenvalue weighted by Crippen LogP contribution is -2.21. The van der Waals surface area contributed by atoms with Crippen LogP contribution < -0.4 is 5.01 Å². The third kappa shape index (κ3) is 3.43. The van der Waals surface area contributed by atoms with Gasteiger partial charge in [-0.25, -0.2) is 14.7 Å². The van der Waals surface area contributed by atoms with Crippen LogP contribution in [0, 0.1) is 0 Å². The quantitative estimate of drug-likeness (QED) is 0.451. The van der Waals surface area contributed by atoms with Gasteiger partial charge in [0.25, 0.3) is 0 Å². The number of nitrogens with zero attached hydrogens (tertiary/aromatic N) is 6. The number of hydrogen-bond acceptors (Lipinski definition) is 5. The molecular formula is C23H15F3N6. The van der Waals surface area contributed by atoms with E-state index in [1.54, 1.807) is 29.4 Å². The zero-order valence-corrected chi connectivity index (χ0v) is 16.5. The minimum absolute atomic E-state index is 0.389. The minimum atomic E-state index is -4.50. The van der Waals surface area contributed by atoms with Crippen molar-refractivity contribution in [3.63, 3.8) is 0 Å². The van der Waals surface area contributed by atoms with Crippen LogP contribution in [0.2, 0.25) is 0 Å². The van der Waals surface area contributed by atoms with Crippen LogP contribution in [0.4, 0.5) is 18.9 Å². The molecule has 3 aromatic heterocycles. The van der Waals surface area contributed by atoms with Crippen LogP contribution in [0.3, 0.4) is 0 Å². The van der Waals surface area contributed by atoms with Crippen LogP contribution in [-0.4, -0.2) is 25.5 Å². The number of alkyl halides is 3. The largest absolute Gasteiger partial charge is 0.433 e. The highest BCUT2D eigenvalue weighted by Crippen LogP contribution is 2.30. The number of fused-ring (bicyclic) bond motifs is 1. The monoisotopic (exact) mass is 432 g/mol. The Labute approximate surface area is 180 Å². The van der Waals surface area contributed by atoms with Gasteiger partial charge in [-0.3, -0.25) is 4.98 Å². The maximum absolute atomic E-state index is 12.8. The summed E-state index contributed by atoms with van der Waals surface area (Å²) in [6.07, 6.45) is 3.38. The zero-order chi connectivity index (χ0) is 22.3. The average molecular weight is 432 g/mol. The zero-order valence-electron chi connectivity index (χ0n) is 16.5. The summed E-state index contributed by atoms with van der Waals surface area (Å²) in [7, 11) is 0. The lowest BCUT2D eigenvalue weighted by atomic mass is 10.1. The molecule has 0 saturated carbocycles. The predicted octanol–water partition coefficient (Wildman–Crippen LogP) is 5.13. The highest BCUT2D eigenvalue weighted by molar-refractivity contribution is 6.14. The molecule has 0 saturated heterocycles. The van der Waals surface area contributed by atoms with Crippen LogP contribution in [0.25, 0.3) is 16.6 Å². The summed E-state index contributed by atoms with van der Waals surface area (Å²) in [4.78, 5) is 7.90. The Morgan fingerprint density at radius 3 is 2.56 bits per heavy atom. The van der Waals surface area contributed by atoms with Crippen molar-refractivity contribution < 1.29 is 13.2 Å². The summed E-state index contributed by atoms with van der Waals surface area (Å²) in [6.45, 7) is 4.06. The van der Waals surface area contributed by atoms with E-state index in [4.69, 9.17) is 0 Å². The number of pyridine rings is 2. The molecule has 0 aliphatic carbocycles. The van der Waals surface area contributed by atoms with E-state index in [2.05, 4.69) is 26.7 Å². The number of anilines is 1. The van der Waals surface area contributed by atoms with Gasteiger partial charge in [0.05, 0.1) is 35.0 Å². The smallest absolute Gasteiger partial charge is 0.256 e. The molecule has 0 radical (unpaired) electrons. The molecule has 158 valence electrons. The van der Waals surface area contributed by atoms with Gasteiger partial charge in [0.2, 0.25) is 0 Å². The van der Waals surface area contributed by atoms with Crippen LogP contribution in [-0.2, 0) is 6.18 Å². The molecule has 0 atom stereocenters. The first-order chi connectivity index (χ1) is 15.4. The second-order valence-electron chi connectivity index (χ2n) is 7.01. The Balaban J connectivity index is 1.56.